The molecule has 1 heterocycles. The van der Waals surface area contributed by atoms with Crippen molar-refractivity contribution in [1.82, 2.24) is 30.1 Å². The minimum atomic E-state index is -3.91. The van der Waals surface area contributed by atoms with Gasteiger partial charge in [0.1, 0.15) is 12.6 Å². The molecule has 2 aromatic rings. The number of hydrogen-bond acceptors (Lipinski definition) is 15. The number of primary amides is 1. The van der Waals surface area contributed by atoms with E-state index < -0.39 is 105 Å². The van der Waals surface area contributed by atoms with Crippen molar-refractivity contribution in [3.63, 3.8) is 0 Å². The highest BCUT2D eigenvalue weighted by molar-refractivity contribution is 7.90. The fourth-order valence-corrected chi connectivity index (χ4v) is 12.7. The van der Waals surface area contributed by atoms with Crippen LogP contribution in [-0.4, -0.2) is 165 Å². The first-order valence-corrected chi connectivity index (χ1v) is 31.6. The molecule has 0 spiro atoms. The quantitative estimate of drug-likeness (QED) is 0.0476. The van der Waals surface area contributed by atoms with Crippen LogP contribution in [0.2, 0.25) is 0 Å². The Balaban J connectivity index is 1.41. The number of carbonyl (C=O) groups is 9. The lowest BCUT2D eigenvalue weighted by molar-refractivity contribution is -0.149. The SMILES string of the molecule is CO[C@H]([C@@H](C)C(=O)N[C@@H](Cc1ccccc1)C(=O)NS(=O)(=O)C1CC1)[C@@H]1CCCN1C(=O)C[C@@H](OC)[C@H](C(C)C)N(C)C(=O)[C@@H](CC(=O)[C@H](C(C)C)N(C)C(=O)OCc1ccc(NC(=O)[C@H](CCCNC(N)=O)CC(=O)[C@@H](N)C(C)C)cc1)C(C)C. The fourth-order valence-electron chi connectivity index (χ4n) is 11.4. The second-order valence-electron chi connectivity index (χ2n) is 24.5. The molecule has 0 bridgehead atoms. The van der Waals surface area contributed by atoms with Crippen LogP contribution in [-0.2, 0) is 70.8 Å². The van der Waals surface area contributed by atoms with Crippen molar-refractivity contribution in [2.45, 2.75) is 181 Å². The average molecular weight is 1220 g/mol. The van der Waals surface area contributed by atoms with E-state index in [-0.39, 0.29) is 85.9 Å². The first-order valence-electron chi connectivity index (χ1n) is 30.1. The van der Waals surface area contributed by atoms with Gasteiger partial charge in [-0.3, -0.25) is 38.3 Å². The number of amides is 8. The zero-order valence-electron chi connectivity index (χ0n) is 52.7. The van der Waals surface area contributed by atoms with Crippen molar-refractivity contribution in [2.75, 3.05) is 46.7 Å². The van der Waals surface area contributed by atoms with Crippen LogP contribution in [0.25, 0.3) is 0 Å². The van der Waals surface area contributed by atoms with Gasteiger partial charge in [-0.05, 0) is 85.5 Å². The Bertz CT molecular complexity index is 2730. The summed E-state index contributed by atoms with van der Waals surface area (Å²) in [4.78, 5) is 127. The second kappa shape index (κ2) is 33.6. The molecular weight excluding hydrogens is 1130 g/mol. The summed E-state index contributed by atoms with van der Waals surface area (Å²) < 4.78 is 45.4. The minimum absolute atomic E-state index is 0.0316. The van der Waals surface area contributed by atoms with Crippen LogP contribution in [0.3, 0.4) is 0 Å². The molecule has 480 valence electrons. The number of nitrogens with one attached hydrogen (secondary N) is 4. The van der Waals surface area contributed by atoms with Gasteiger partial charge in [0.2, 0.25) is 33.7 Å². The normalized spacial score (nSPS) is 17.6. The third kappa shape index (κ3) is 20.8. The van der Waals surface area contributed by atoms with E-state index in [4.69, 9.17) is 25.7 Å². The van der Waals surface area contributed by atoms with Crippen molar-refractivity contribution in [3.05, 3.63) is 65.7 Å². The molecule has 1 saturated heterocycles. The third-order valence-electron chi connectivity index (χ3n) is 16.6. The molecular formula is C62H97N9O14S. The smallest absolute Gasteiger partial charge is 0.410 e. The number of nitrogens with zero attached hydrogens (tertiary/aromatic N) is 3. The summed E-state index contributed by atoms with van der Waals surface area (Å²) in [6, 6.07) is 10.7. The molecule has 4 rings (SSSR count). The number of hydrogen-bond donors (Lipinski definition) is 6. The summed E-state index contributed by atoms with van der Waals surface area (Å²) in [7, 11) is 2.13. The standard InChI is InChI=1S/C62H97N9O14S/c1-36(2)46(33-50(73)54(38(5)6)70(11)62(80)85-35-42-23-25-44(26-24-42)66-58(76)43(21-17-29-65-61(64)79)32-49(72)53(63)37(3)4)60(78)69(10)55(39(7)8)51(83-12)34-52(74)71-30-18-22-48(71)56(84-13)40(9)57(75)67-47(31-41-19-15-14-16-20-41)59(77)68-86(81,82)45-27-28-45/h14-16,19-20,23-26,36-40,43,45-48,51,53-56H,17-18,21-22,27-35,63H2,1-13H3,(H,66,76)(H,67,75)(H,68,77)(H3,64,65,79)/t40-,43-,46+,47+,48+,51-,53+,54+,55+,56-/m1/s1. The Morgan fingerprint density at radius 3 is 1.91 bits per heavy atom. The number of methoxy groups -OCH3 is 2. The molecule has 86 heavy (non-hydrogen) atoms. The number of urea groups is 1. The maximum Gasteiger partial charge on any atom is 0.410 e. The Kier molecular flexibility index (Phi) is 28.1. The van der Waals surface area contributed by atoms with Crippen molar-refractivity contribution < 1.29 is 65.8 Å². The third-order valence-corrected chi connectivity index (χ3v) is 18.4. The van der Waals surface area contributed by atoms with Crippen LogP contribution in [0.15, 0.2) is 54.6 Å². The molecule has 0 unspecified atom stereocenters. The lowest BCUT2D eigenvalue weighted by Gasteiger charge is -2.40. The summed E-state index contributed by atoms with van der Waals surface area (Å²) in [6.07, 6.45) is -0.0540. The average Bonchev–Trinajstić information content (AvgIpc) is 4.19. The van der Waals surface area contributed by atoms with Gasteiger partial charge in [-0.1, -0.05) is 105 Å². The van der Waals surface area contributed by atoms with E-state index in [1.807, 2.05) is 41.5 Å². The Labute approximate surface area is 508 Å². The fraction of sp³-hybridized carbons (Fsp3) is 0.661. The van der Waals surface area contributed by atoms with E-state index in [0.29, 0.717) is 61.9 Å². The minimum Gasteiger partial charge on any atom is -0.445 e. The van der Waals surface area contributed by atoms with E-state index in [2.05, 4.69) is 20.7 Å². The number of carbonyl (C=O) groups excluding carboxylic acids is 9. The maximum absolute atomic E-state index is 14.8. The number of Topliss-reactive ketones (excluding diaryl/α,β-unsaturated/α-hetero) is 2. The Morgan fingerprint density at radius 1 is 0.721 bits per heavy atom. The largest absolute Gasteiger partial charge is 0.445 e. The summed E-state index contributed by atoms with van der Waals surface area (Å²) in [5.41, 5.74) is 13.0. The molecule has 8 N–H and O–H groups in total. The first kappa shape index (κ1) is 72.0. The van der Waals surface area contributed by atoms with Gasteiger partial charge >= 0.3 is 12.1 Å². The van der Waals surface area contributed by atoms with Gasteiger partial charge in [0.15, 0.2) is 11.6 Å². The highest BCUT2D eigenvalue weighted by atomic mass is 32.2. The van der Waals surface area contributed by atoms with Crippen LogP contribution in [0, 0.1) is 41.4 Å². The summed E-state index contributed by atoms with van der Waals surface area (Å²) in [5.74, 6) is -6.50. The van der Waals surface area contributed by atoms with Crippen molar-refractivity contribution >= 4 is 68.9 Å². The molecule has 2 aromatic carbocycles. The van der Waals surface area contributed by atoms with E-state index in [1.54, 1.807) is 92.2 Å². The van der Waals surface area contributed by atoms with Gasteiger partial charge in [-0.15, -0.1) is 0 Å². The summed E-state index contributed by atoms with van der Waals surface area (Å²) in [6.45, 7) is 16.8. The molecule has 24 heteroatoms. The number of likely N-dealkylation sites (N-methyl/N-ethyl adjacent to an activating group) is 2. The van der Waals surface area contributed by atoms with Gasteiger partial charge in [0.05, 0.1) is 54.0 Å². The molecule has 1 aliphatic heterocycles. The van der Waals surface area contributed by atoms with Crippen LogP contribution >= 0.6 is 0 Å². The van der Waals surface area contributed by atoms with Crippen LogP contribution in [0.4, 0.5) is 15.3 Å². The number of benzene rings is 2. The van der Waals surface area contributed by atoms with E-state index in [0.717, 1.165) is 0 Å². The highest BCUT2D eigenvalue weighted by Gasteiger charge is 2.45. The maximum atomic E-state index is 14.8. The molecule has 2 fully saturated rings. The predicted molar refractivity (Wildman–Crippen MR) is 326 cm³/mol. The lowest BCUT2D eigenvalue weighted by atomic mass is 9.84. The zero-order valence-corrected chi connectivity index (χ0v) is 53.5. The van der Waals surface area contributed by atoms with E-state index in [1.165, 1.54) is 26.2 Å². The van der Waals surface area contributed by atoms with Gasteiger partial charge in [-0.2, -0.15) is 0 Å². The molecule has 1 aliphatic carbocycles. The highest BCUT2D eigenvalue weighted by Crippen LogP contribution is 2.32. The molecule has 0 radical (unpaired) electrons. The molecule has 2 aliphatic rings. The molecule has 1 saturated carbocycles. The summed E-state index contributed by atoms with van der Waals surface area (Å²) >= 11 is 0. The van der Waals surface area contributed by atoms with E-state index in [9.17, 15) is 51.6 Å². The number of anilines is 1. The molecule has 8 amide bonds. The number of sulfonamides is 1. The lowest BCUT2D eigenvalue weighted by Crippen LogP contribution is -2.55. The molecule has 10 atom stereocenters. The van der Waals surface area contributed by atoms with Gasteiger partial charge < -0.3 is 56.3 Å². The van der Waals surface area contributed by atoms with Gasteiger partial charge in [0.25, 0.3) is 5.91 Å². The number of rotatable bonds is 35. The van der Waals surface area contributed by atoms with Crippen LogP contribution < -0.4 is 32.1 Å². The number of ether oxygens (including phenoxy) is 3. The summed E-state index contributed by atoms with van der Waals surface area (Å²) in [5, 5.41) is 7.46. The number of ketones is 2. The molecule has 0 aromatic heterocycles. The number of likely N-dealkylation sites (tertiary alicyclic amines) is 1. The predicted octanol–water partition coefficient (Wildman–Crippen LogP) is 5.32. The Morgan fingerprint density at radius 2 is 1.36 bits per heavy atom. The Hall–Kier alpha value is -6.50. The first-order chi connectivity index (χ1) is 40.4. The van der Waals surface area contributed by atoms with E-state index >= 15 is 0 Å². The van der Waals surface area contributed by atoms with Crippen molar-refractivity contribution in [2.24, 2.45) is 52.9 Å². The molecule has 23 nitrogen and oxygen atoms in total. The topological polar surface area (TPSA) is 325 Å². The zero-order chi connectivity index (χ0) is 64.3. The van der Waals surface area contributed by atoms with Crippen LogP contribution in [0.5, 0.6) is 0 Å². The van der Waals surface area contributed by atoms with Crippen molar-refractivity contribution in [1.29, 1.82) is 0 Å². The van der Waals surface area contributed by atoms with Gasteiger partial charge in [-0.25, -0.2) is 18.0 Å². The number of nitrogens with two attached hydrogens (primary N) is 2. The second-order valence-corrected chi connectivity index (χ2v) is 26.5. The van der Waals surface area contributed by atoms with Crippen molar-refractivity contribution in [3.8, 4) is 0 Å². The monoisotopic (exact) mass is 1220 g/mol. The van der Waals surface area contributed by atoms with Gasteiger partial charge in [0, 0.05) is 78.2 Å². The van der Waals surface area contributed by atoms with Crippen LogP contribution in [0.1, 0.15) is 131 Å².